The van der Waals surface area contributed by atoms with Crippen molar-refractivity contribution in [3.8, 4) is 0 Å². The minimum Gasteiger partial charge on any atom is -0.392 e. The molecule has 1 heterocycles. The molecule has 0 bridgehead atoms. The molecule has 0 spiro atoms. The third-order valence-corrected chi connectivity index (χ3v) is 4.10. The Hall–Kier alpha value is -1.99. The molecule has 2 N–H and O–H groups in total. The summed E-state index contributed by atoms with van der Waals surface area (Å²) >= 11 is 0. The molecule has 0 aliphatic carbocycles. The first-order valence-corrected chi connectivity index (χ1v) is 7.26. The van der Waals surface area contributed by atoms with E-state index in [1.807, 2.05) is 0 Å². The van der Waals surface area contributed by atoms with Gasteiger partial charge in [0.25, 0.3) is 10.0 Å². The van der Waals surface area contributed by atoms with E-state index in [9.17, 15) is 12.8 Å². The summed E-state index contributed by atoms with van der Waals surface area (Å²) in [6.07, 6.45) is 1.53. The van der Waals surface area contributed by atoms with Crippen LogP contribution in [0.25, 0.3) is 0 Å². The summed E-state index contributed by atoms with van der Waals surface area (Å²) in [5.74, 6) is -0.878. The number of aliphatic hydroxyl groups excluding tert-OH is 1. The number of hydrogen-bond acceptors (Lipinski definition) is 4. The fraction of sp³-hybridized carbons (Fsp3) is 0.154. The average Bonchev–Trinajstić information content (AvgIpc) is 2.41. The van der Waals surface area contributed by atoms with Gasteiger partial charge < -0.3 is 5.11 Å². The monoisotopic (exact) mass is 296 g/mol. The molecule has 7 heteroatoms. The number of nitrogens with one attached hydrogen (secondary N) is 1. The molecule has 0 aliphatic heterocycles. The zero-order valence-electron chi connectivity index (χ0n) is 10.7. The number of aryl methyl sites for hydroxylation is 1. The number of aromatic nitrogens is 1. The SMILES string of the molecule is Cc1ncccc1NS(=O)(=O)c1cc(CO)ccc1F. The van der Waals surface area contributed by atoms with Gasteiger partial charge in [0.1, 0.15) is 10.7 Å². The van der Waals surface area contributed by atoms with Gasteiger partial charge in [-0.25, -0.2) is 12.8 Å². The van der Waals surface area contributed by atoms with Gasteiger partial charge in [0.05, 0.1) is 18.0 Å². The largest absolute Gasteiger partial charge is 0.392 e. The Labute approximate surface area is 116 Å². The first-order valence-electron chi connectivity index (χ1n) is 5.78. The van der Waals surface area contributed by atoms with Crippen LogP contribution in [0.15, 0.2) is 41.4 Å². The van der Waals surface area contributed by atoms with E-state index in [0.717, 1.165) is 12.1 Å². The molecular weight excluding hydrogens is 283 g/mol. The van der Waals surface area contributed by atoms with Crippen LogP contribution >= 0.6 is 0 Å². The van der Waals surface area contributed by atoms with Crippen molar-refractivity contribution in [2.75, 3.05) is 4.72 Å². The van der Waals surface area contributed by atoms with Crippen LogP contribution in [0.2, 0.25) is 0 Å². The highest BCUT2D eigenvalue weighted by atomic mass is 32.2. The number of nitrogens with zero attached hydrogens (tertiary/aromatic N) is 1. The molecule has 2 rings (SSSR count). The van der Waals surface area contributed by atoms with Crippen LogP contribution in [-0.2, 0) is 16.6 Å². The highest BCUT2D eigenvalue weighted by Gasteiger charge is 2.20. The van der Waals surface area contributed by atoms with E-state index >= 15 is 0 Å². The van der Waals surface area contributed by atoms with Crippen LogP contribution in [-0.4, -0.2) is 18.5 Å². The third kappa shape index (κ3) is 2.94. The molecule has 0 radical (unpaired) electrons. The Morgan fingerprint density at radius 3 is 2.75 bits per heavy atom. The van der Waals surface area contributed by atoms with E-state index in [-0.39, 0.29) is 12.3 Å². The second-order valence-corrected chi connectivity index (χ2v) is 5.82. The number of sulfonamides is 1. The summed E-state index contributed by atoms with van der Waals surface area (Å²) in [4.78, 5) is 3.45. The molecule has 0 fully saturated rings. The maximum absolute atomic E-state index is 13.7. The molecule has 0 aliphatic rings. The molecule has 5 nitrogen and oxygen atoms in total. The van der Waals surface area contributed by atoms with Crippen LogP contribution in [0.3, 0.4) is 0 Å². The molecule has 106 valence electrons. The summed E-state index contributed by atoms with van der Waals surface area (Å²) in [5, 5.41) is 9.00. The smallest absolute Gasteiger partial charge is 0.264 e. The van der Waals surface area contributed by atoms with Crippen molar-refractivity contribution in [3.63, 3.8) is 0 Å². The van der Waals surface area contributed by atoms with Gasteiger partial charge in [0.2, 0.25) is 0 Å². The highest BCUT2D eigenvalue weighted by Crippen LogP contribution is 2.21. The van der Waals surface area contributed by atoms with Crippen molar-refractivity contribution in [3.05, 3.63) is 53.6 Å². The van der Waals surface area contributed by atoms with E-state index in [0.29, 0.717) is 11.3 Å². The number of rotatable bonds is 4. The number of hydrogen-bond donors (Lipinski definition) is 2. The Kier molecular flexibility index (Phi) is 4.01. The lowest BCUT2D eigenvalue weighted by Crippen LogP contribution is -2.16. The molecule has 0 amide bonds. The van der Waals surface area contributed by atoms with Crippen molar-refractivity contribution in [1.82, 2.24) is 4.98 Å². The van der Waals surface area contributed by atoms with Gasteiger partial charge in [0.15, 0.2) is 0 Å². The van der Waals surface area contributed by atoms with Gasteiger partial charge in [-0.3, -0.25) is 9.71 Å². The van der Waals surface area contributed by atoms with Gasteiger partial charge in [-0.2, -0.15) is 0 Å². The number of pyridine rings is 1. The van der Waals surface area contributed by atoms with Crippen molar-refractivity contribution >= 4 is 15.7 Å². The van der Waals surface area contributed by atoms with Gasteiger partial charge >= 0.3 is 0 Å². The highest BCUT2D eigenvalue weighted by molar-refractivity contribution is 7.92. The Bertz CT molecular complexity index is 732. The Morgan fingerprint density at radius 2 is 2.10 bits per heavy atom. The number of halogens is 1. The predicted molar refractivity (Wildman–Crippen MR) is 72.1 cm³/mol. The Morgan fingerprint density at radius 1 is 1.35 bits per heavy atom. The molecule has 20 heavy (non-hydrogen) atoms. The van der Waals surface area contributed by atoms with E-state index in [2.05, 4.69) is 9.71 Å². The van der Waals surface area contributed by atoms with E-state index in [4.69, 9.17) is 5.11 Å². The van der Waals surface area contributed by atoms with Crippen LogP contribution in [0, 0.1) is 12.7 Å². The van der Waals surface area contributed by atoms with E-state index < -0.39 is 20.7 Å². The molecule has 0 atom stereocenters. The van der Waals surface area contributed by atoms with Crippen LogP contribution in [0.5, 0.6) is 0 Å². The van der Waals surface area contributed by atoms with Crippen molar-refractivity contribution in [1.29, 1.82) is 0 Å². The minimum absolute atomic E-state index is 0.279. The molecule has 0 saturated carbocycles. The van der Waals surface area contributed by atoms with Crippen LogP contribution in [0.4, 0.5) is 10.1 Å². The van der Waals surface area contributed by atoms with E-state index in [1.165, 1.54) is 18.3 Å². The fourth-order valence-corrected chi connectivity index (χ4v) is 2.89. The first kappa shape index (κ1) is 14.4. The van der Waals surface area contributed by atoms with Gasteiger partial charge in [-0.15, -0.1) is 0 Å². The van der Waals surface area contributed by atoms with Crippen LogP contribution in [0.1, 0.15) is 11.3 Å². The van der Waals surface area contributed by atoms with E-state index in [1.54, 1.807) is 13.0 Å². The third-order valence-electron chi connectivity index (χ3n) is 2.72. The zero-order chi connectivity index (χ0) is 14.8. The van der Waals surface area contributed by atoms with Crippen molar-refractivity contribution < 1.29 is 17.9 Å². The molecule has 0 unspecified atom stereocenters. The second-order valence-electron chi connectivity index (χ2n) is 4.16. The number of anilines is 1. The minimum atomic E-state index is -4.08. The first-order chi connectivity index (χ1) is 9.44. The lowest BCUT2D eigenvalue weighted by molar-refractivity contribution is 0.281. The quantitative estimate of drug-likeness (QED) is 0.902. The predicted octanol–water partition coefficient (Wildman–Crippen LogP) is 1.82. The summed E-state index contributed by atoms with van der Waals surface area (Å²) in [5.41, 5.74) is 1.07. The van der Waals surface area contributed by atoms with Gasteiger partial charge in [-0.05, 0) is 36.8 Å². The maximum Gasteiger partial charge on any atom is 0.264 e. The molecule has 1 aromatic carbocycles. The average molecular weight is 296 g/mol. The maximum atomic E-state index is 13.7. The lowest BCUT2D eigenvalue weighted by atomic mass is 10.2. The normalized spacial score (nSPS) is 11.3. The summed E-state index contributed by atoms with van der Waals surface area (Å²) in [7, 11) is -4.08. The summed E-state index contributed by atoms with van der Waals surface area (Å²) < 4.78 is 40.3. The number of benzene rings is 1. The molecule has 1 aromatic heterocycles. The Balaban J connectivity index is 2.43. The second kappa shape index (κ2) is 5.56. The fourth-order valence-electron chi connectivity index (χ4n) is 1.64. The van der Waals surface area contributed by atoms with Gasteiger partial charge in [0, 0.05) is 6.20 Å². The van der Waals surface area contributed by atoms with Crippen molar-refractivity contribution in [2.24, 2.45) is 0 Å². The van der Waals surface area contributed by atoms with Crippen LogP contribution < -0.4 is 4.72 Å². The van der Waals surface area contributed by atoms with Crippen molar-refractivity contribution in [2.45, 2.75) is 18.4 Å². The molecule has 2 aromatic rings. The van der Waals surface area contributed by atoms with Gasteiger partial charge in [-0.1, -0.05) is 6.07 Å². The molecular formula is C13H13FN2O3S. The topological polar surface area (TPSA) is 79.3 Å². The summed E-state index contributed by atoms with van der Waals surface area (Å²) in [6, 6.07) is 6.54. The molecule has 0 saturated heterocycles. The zero-order valence-corrected chi connectivity index (χ0v) is 11.5. The number of aliphatic hydroxyl groups is 1. The summed E-state index contributed by atoms with van der Waals surface area (Å²) in [6.45, 7) is 1.27. The lowest BCUT2D eigenvalue weighted by Gasteiger charge is -2.11. The standard InChI is InChI=1S/C13H13FN2O3S/c1-9-12(3-2-6-15-9)16-20(18,19)13-7-10(8-17)4-5-11(13)14/h2-7,16-17H,8H2,1H3.